The van der Waals surface area contributed by atoms with Gasteiger partial charge in [-0.05, 0) is 43.3 Å². The quantitative estimate of drug-likeness (QED) is 0.792. The number of halogens is 1. The van der Waals surface area contributed by atoms with E-state index in [1.807, 2.05) is 6.07 Å². The Kier molecular flexibility index (Phi) is 6.32. The second kappa shape index (κ2) is 8.88. The van der Waals surface area contributed by atoms with Crippen molar-refractivity contribution in [1.82, 2.24) is 0 Å². The average molecular weight is 389 g/mol. The van der Waals surface area contributed by atoms with Gasteiger partial charge in [-0.3, -0.25) is 4.79 Å². The second-order valence-corrected chi connectivity index (χ2v) is 6.45. The Hall–Kier alpha value is -2.57. The standard InChI is InChI=1S/C20H21ClN2O4/c1-2-27-20(25)17-13-16(6-7-18(17)23-8-10-26-11-9-23)22-19(24)14-4-3-5-15(21)12-14/h3-7,12-13H,2,8-11H2,1H3,(H,22,24). The van der Waals surface area contributed by atoms with Crippen LogP contribution in [0.25, 0.3) is 0 Å². The van der Waals surface area contributed by atoms with Gasteiger partial charge >= 0.3 is 5.97 Å². The summed E-state index contributed by atoms with van der Waals surface area (Å²) in [5.41, 5.74) is 2.15. The molecule has 1 heterocycles. The van der Waals surface area contributed by atoms with Gasteiger partial charge in [-0.25, -0.2) is 4.79 Å². The van der Waals surface area contributed by atoms with E-state index in [-0.39, 0.29) is 12.5 Å². The summed E-state index contributed by atoms with van der Waals surface area (Å²) in [4.78, 5) is 27.0. The van der Waals surface area contributed by atoms with E-state index in [1.54, 1.807) is 43.3 Å². The van der Waals surface area contributed by atoms with Crippen molar-refractivity contribution in [3.63, 3.8) is 0 Å². The van der Waals surface area contributed by atoms with Crippen LogP contribution in [0.3, 0.4) is 0 Å². The topological polar surface area (TPSA) is 67.9 Å². The maximum Gasteiger partial charge on any atom is 0.340 e. The Labute approximate surface area is 163 Å². The van der Waals surface area contributed by atoms with Gasteiger partial charge in [0.2, 0.25) is 0 Å². The summed E-state index contributed by atoms with van der Waals surface area (Å²) in [7, 11) is 0. The minimum absolute atomic E-state index is 0.278. The van der Waals surface area contributed by atoms with Crippen molar-refractivity contribution < 1.29 is 19.1 Å². The van der Waals surface area contributed by atoms with Crippen LogP contribution in [-0.2, 0) is 9.47 Å². The number of rotatable bonds is 5. The Morgan fingerprint density at radius 1 is 1.19 bits per heavy atom. The van der Waals surface area contributed by atoms with Gasteiger partial charge in [0.15, 0.2) is 0 Å². The Morgan fingerprint density at radius 2 is 1.96 bits per heavy atom. The number of nitrogens with one attached hydrogen (secondary N) is 1. The second-order valence-electron chi connectivity index (χ2n) is 6.02. The van der Waals surface area contributed by atoms with E-state index in [2.05, 4.69) is 10.2 Å². The van der Waals surface area contributed by atoms with Crippen molar-refractivity contribution in [2.75, 3.05) is 43.1 Å². The van der Waals surface area contributed by atoms with Gasteiger partial charge in [0, 0.05) is 29.4 Å². The first-order chi connectivity index (χ1) is 13.1. The fourth-order valence-corrected chi connectivity index (χ4v) is 3.09. The molecule has 0 radical (unpaired) electrons. The number of anilines is 2. The number of hydrogen-bond donors (Lipinski definition) is 1. The van der Waals surface area contributed by atoms with Crippen LogP contribution in [0.4, 0.5) is 11.4 Å². The highest BCUT2D eigenvalue weighted by Crippen LogP contribution is 2.26. The summed E-state index contributed by atoms with van der Waals surface area (Å²) in [6.07, 6.45) is 0. The normalized spacial score (nSPS) is 13.9. The third-order valence-corrected chi connectivity index (χ3v) is 4.42. The Balaban J connectivity index is 1.86. The van der Waals surface area contributed by atoms with Crippen molar-refractivity contribution in [1.29, 1.82) is 0 Å². The van der Waals surface area contributed by atoms with Crippen molar-refractivity contribution in [2.24, 2.45) is 0 Å². The lowest BCUT2D eigenvalue weighted by atomic mass is 10.1. The van der Waals surface area contributed by atoms with Crippen molar-refractivity contribution >= 4 is 34.9 Å². The molecule has 0 spiro atoms. The Morgan fingerprint density at radius 3 is 2.67 bits per heavy atom. The molecule has 1 amide bonds. The largest absolute Gasteiger partial charge is 0.462 e. The molecule has 7 heteroatoms. The minimum atomic E-state index is -0.419. The molecule has 0 aliphatic carbocycles. The minimum Gasteiger partial charge on any atom is -0.462 e. The molecule has 1 fully saturated rings. The molecular formula is C20H21ClN2O4. The summed E-state index contributed by atoms with van der Waals surface area (Å²) in [6, 6.07) is 11.9. The lowest BCUT2D eigenvalue weighted by Crippen LogP contribution is -2.37. The summed E-state index contributed by atoms with van der Waals surface area (Å²) >= 11 is 5.94. The monoisotopic (exact) mass is 388 g/mol. The van der Waals surface area contributed by atoms with Crippen LogP contribution in [0.2, 0.25) is 5.02 Å². The number of nitrogens with zero attached hydrogens (tertiary/aromatic N) is 1. The van der Waals surface area contributed by atoms with E-state index in [0.29, 0.717) is 48.1 Å². The molecule has 3 rings (SSSR count). The molecule has 1 aliphatic heterocycles. The van der Waals surface area contributed by atoms with Crippen molar-refractivity contribution in [2.45, 2.75) is 6.92 Å². The van der Waals surface area contributed by atoms with Crippen LogP contribution >= 0.6 is 11.6 Å². The highest BCUT2D eigenvalue weighted by Gasteiger charge is 2.21. The Bertz CT molecular complexity index is 834. The zero-order valence-corrected chi connectivity index (χ0v) is 15.8. The zero-order valence-electron chi connectivity index (χ0n) is 15.0. The van der Waals surface area contributed by atoms with Crippen LogP contribution in [0.15, 0.2) is 42.5 Å². The van der Waals surface area contributed by atoms with E-state index in [0.717, 1.165) is 5.69 Å². The predicted octanol–water partition coefficient (Wildman–Crippen LogP) is 3.61. The molecule has 6 nitrogen and oxygen atoms in total. The van der Waals surface area contributed by atoms with Gasteiger partial charge in [0.05, 0.1) is 31.1 Å². The number of carbonyl (C=O) groups excluding carboxylic acids is 2. The first-order valence-corrected chi connectivity index (χ1v) is 9.17. The molecule has 142 valence electrons. The van der Waals surface area contributed by atoms with E-state index < -0.39 is 5.97 Å². The summed E-state index contributed by atoms with van der Waals surface area (Å²) in [6.45, 7) is 4.64. The van der Waals surface area contributed by atoms with Gasteiger partial charge in [0.1, 0.15) is 0 Å². The summed E-state index contributed by atoms with van der Waals surface area (Å²) < 4.78 is 10.6. The van der Waals surface area contributed by atoms with Gasteiger partial charge < -0.3 is 19.7 Å². The van der Waals surface area contributed by atoms with Crippen molar-refractivity contribution in [3.05, 3.63) is 58.6 Å². The van der Waals surface area contributed by atoms with Gasteiger partial charge in [-0.15, -0.1) is 0 Å². The van der Waals surface area contributed by atoms with Crippen LogP contribution in [0.1, 0.15) is 27.6 Å². The third-order valence-electron chi connectivity index (χ3n) is 4.19. The number of hydrogen-bond acceptors (Lipinski definition) is 5. The van der Waals surface area contributed by atoms with E-state index in [9.17, 15) is 9.59 Å². The van der Waals surface area contributed by atoms with Gasteiger partial charge in [-0.2, -0.15) is 0 Å². The average Bonchev–Trinajstić information content (AvgIpc) is 2.69. The van der Waals surface area contributed by atoms with Crippen molar-refractivity contribution in [3.8, 4) is 0 Å². The fourth-order valence-electron chi connectivity index (χ4n) is 2.90. The number of amides is 1. The molecule has 0 saturated carbocycles. The summed E-state index contributed by atoms with van der Waals surface area (Å²) in [5.74, 6) is -0.718. The smallest absolute Gasteiger partial charge is 0.340 e. The molecule has 1 saturated heterocycles. The van der Waals surface area contributed by atoms with E-state index >= 15 is 0 Å². The van der Waals surface area contributed by atoms with E-state index in [1.165, 1.54) is 0 Å². The molecule has 0 atom stereocenters. The maximum absolute atomic E-state index is 12.5. The maximum atomic E-state index is 12.5. The van der Waals surface area contributed by atoms with Crippen LogP contribution in [0, 0.1) is 0 Å². The van der Waals surface area contributed by atoms with Crippen LogP contribution < -0.4 is 10.2 Å². The molecule has 27 heavy (non-hydrogen) atoms. The highest BCUT2D eigenvalue weighted by molar-refractivity contribution is 6.31. The molecule has 2 aromatic rings. The molecule has 1 N–H and O–H groups in total. The molecule has 0 aromatic heterocycles. The number of carbonyl (C=O) groups is 2. The molecule has 0 bridgehead atoms. The third kappa shape index (κ3) is 4.78. The number of morpholine rings is 1. The van der Waals surface area contributed by atoms with Crippen LogP contribution in [-0.4, -0.2) is 44.8 Å². The van der Waals surface area contributed by atoms with Crippen LogP contribution in [0.5, 0.6) is 0 Å². The van der Waals surface area contributed by atoms with Gasteiger partial charge in [0.25, 0.3) is 5.91 Å². The SMILES string of the molecule is CCOC(=O)c1cc(NC(=O)c2cccc(Cl)c2)ccc1N1CCOCC1. The molecular weight excluding hydrogens is 368 g/mol. The van der Waals surface area contributed by atoms with E-state index in [4.69, 9.17) is 21.1 Å². The first-order valence-electron chi connectivity index (χ1n) is 8.79. The molecule has 1 aliphatic rings. The lowest BCUT2D eigenvalue weighted by Gasteiger charge is -2.30. The molecule has 0 unspecified atom stereocenters. The number of ether oxygens (including phenoxy) is 2. The zero-order chi connectivity index (χ0) is 19.2. The number of esters is 1. The highest BCUT2D eigenvalue weighted by atomic mass is 35.5. The predicted molar refractivity (Wildman–Crippen MR) is 105 cm³/mol. The van der Waals surface area contributed by atoms with Gasteiger partial charge in [-0.1, -0.05) is 17.7 Å². The molecule has 2 aromatic carbocycles. The number of benzene rings is 2. The lowest BCUT2D eigenvalue weighted by molar-refractivity contribution is 0.0526. The summed E-state index contributed by atoms with van der Waals surface area (Å²) in [5, 5.41) is 3.29. The fraction of sp³-hybridized carbons (Fsp3) is 0.300. The first kappa shape index (κ1) is 19.2.